The first-order valence-corrected chi connectivity index (χ1v) is 8.67. The summed E-state index contributed by atoms with van der Waals surface area (Å²) in [4.78, 5) is 11.9. The highest BCUT2D eigenvalue weighted by atomic mass is 35.5. The van der Waals surface area contributed by atoms with Gasteiger partial charge in [-0.25, -0.2) is 0 Å². The molecule has 1 saturated heterocycles. The van der Waals surface area contributed by atoms with E-state index in [0.29, 0.717) is 18.0 Å². The highest BCUT2D eigenvalue weighted by molar-refractivity contribution is 7.99. The fraction of sp³-hybridized carbons (Fsp3) is 0.533. The number of rotatable bonds is 6. The lowest BCUT2D eigenvalue weighted by Crippen LogP contribution is -2.42. The van der Waals surface area contributed by atoms with Crippen LogP contribution in [0.4, 0.5) is 0 Å². The van der Waals surface area contributed by atoms with E-state index in [2.05, 4.69) is 10.6 Å². The zero-order valence-electron chi connectivity index (χ0n) is 12.1. The zero-order chi connectivity index (χ0) is 15.1. The normalized spacial score (nSPS) is 19.8. The minimum Gasteiger partial charge on any atom is -0.489 e. The van der Waals surface area contributed by atoms with Gasteiger partial charge in [0.05, 0.1) is 6.54 Å². The Morgan fingerprint density at radius 1 is 1.62 bits per heavy atom. The van der Waals surface area contributed by atoms with Crippen molar-refractivity contribution in [1.29, 1.82) is 0 Å². The second-order valence-electron chi connectivity index (χ2n) is 5.12. The number of hydrogen-bond acceptors (Lipinski definition) is 4. The Labute approximate surface area is 135 Å². The van der Waals surface area contributed by atoms with E-state index < -0.39 is 0 Å². The molecule has 0 aromatic heterocycles. The Balaban J connectivity index is 1.68. The molecule has 0 saturated carbocycles. The molecule has 1 fully saturated rings. The fourth-order valence-electron chi connectivity index (χ4n) is 2.12. The number of amides is 1. The maximum absolute atomic E-state index is 11.9. The van der Waals surface area contributed by atoms with Gasteiger partial charge in [-0.05, 0) is 25.1 Å². The van der Waals surface area contributed by atoms with Crippen LogP contribution in [0.1, 0.15) is 13.3 Å². The van der Waals surface area contributed by atoms with Crippen LogP contribution in [0.3, 0.4) is 0 Å². The lowest BCUT2D eigenvalue weighted by Gasteiger charge is -2.23. The lowest BCUT2D eigenvalue weighted by molar-refractivity contribution is -0.121. The van der Waals surface area contributed by atoms with E-state index in [9.17, 15) is 4.79 Å². The first-order chi connectivity index (χ1) is 10.1. The summed E-state index contributed by atoms with van der Waals surface area (Å²) in [5.41, 5.74) is 0. The molecule has 0 aliphatic carbocycles. The number of nitrogens with one attached hydrogen (secondary N) is 2. The van der Waals surface area contributed by atoms with Gasteiger partial charge in [-0.15, -0.1) is 0 Å². The summed E-state index contributed by atoms with van der Waals surface area (Å²) in [6.45, 7) is 3.40. The molecule has 2 N–H and O–H groups in total. The molecule has 21 heavy (non-hydrogen) atoms. The van der Waals surface area contributed by atoms with Crippen molar-refractivity contribution in [2.75, 3.05) is 24.6 Å². The Bertz CT molecular complexity index is 467. The average molecular weight is 329 g/mol. The van der Waals surface area contributed by atoms with Gasteiger partial charge in [-0.3, -0.25) is 4.79 Å². The molecule has 1 amide bonds. The van der Waals surface area contributed by atoms with E-state index in [-0.39, 0.29) is 18.1 Å². The van der Waals surface area contributed by atoms with Crippen molar-refractivity contribution in [3.8, 4) is 5.75 Å². The SMILES string of the molecule is CC(CNC(=O)CC1CSCCN1)Oc1cccc(Cl)c1. The third-order valence-electron chi connectivity index (χ3n) is 3.15. The summed E-state index contributed by atoms with van der Waals surface area (Å²) in [5.74, 6) is 2.91. The van der Waals surface area contributed by atoms with Crippen molar-refractivity contribution >= 4 is 29.3 Å². The van der Waals surface area contributed by atoms with E-state index >= 15 is 0 Å². The number of halogens is 1. The van der Waals surface area contributed by atoms with Crippen LogP contribution in [0, 0.1) is 0 Å². The number of carbonyl (C=O) groups excluding carboxylic acids is 1. The second kappa shape index (κ2) is 8.51. The first-order valence-electron chi connectivity index (χ1n) is 7.13. The Morgan fingerprint density at radius 2 is 2.48 bits per heavy atom. The Morgan fingerprint density at radius 3 is 3.19 bits per heavy atom. The number of carbonyl (C=O) groups is 1. The van der Waals surface area contributed by atoms with Gasteiger partial charge in [0.25, 0.3) is 0 Å². The number of hydrogen-bond donors (Lipinski definition) is 2. The van der Waals surface area contributed by atoms with Gasteiger partial charge in [-0.1, -0.05) is 17.7 Å². The van der Waals surface area contributed by atoms with Gasteiger partial charge < -0.3 is 15.4 Å². The van der Waals surface area contributed by atoms with Gasteiger partial charge in [0.15, 0.2) is 0 Å². The molecule has 4 nitrogen and oxygen atoms in total. The number of thioether (sulfide) groups is 1. The maximum atomic E-state index is 11.9. The second-order valence-corrected chi connectivity index (χ2v) is 6.71. The molecule has 1 aromatic carbocycles. The Hall–Kier alpha value is -0.910. The molecule has 0 radical (unpaired) electrons. The predicted molar refractivity (Wildman–Crippen MR) is 88.3 cm³/mol. The van der Waals surface area contributed by atoms with Crippen molar-refractivity contribution < 1.29 is 9.53 Å². The van der Waals surface area contributed by atoms with Gasteiger partial charge >= 0.3 is 0 Å². The Kier molecular flexibility index (Phi) is 6.67. The summed E-state index contributed by atoms with van der Waals surface area (Å²) < 4.78 is 5.72. The van der Waals surface area contributed by atoms with Crippen molar-refractivity contribution in [3.05, 3.63) is 29.3 Å². The van der Waals surface area contributed by atoms with E-state index in [1.54, 1.807) is 12.1 Å². The largest absolute Gasteiger partial charge is 0.489 e. The molecule has 1 aromatic rings. The number of ether oxygens (including phenoxy) is 1. The van der Waals surface area contributed by atoms with Crippen LogP contribution >= 0.6 is 23.4 Å². The van der Waals surface area contributed by atoms with Gasteiger partial charge in [0.2, 0.25) is 5.91 Å². The molecule has 2 unspecified atom stereocenters. The fourth-order valence-corrected chi connectivity index (χ4v) is 3.25. The average Bonchev–Trinajstić information content (AvgIpc) is 2.46. The van der Waals surface area contributed by atoms with Crippen LogP contribution in [0.25, 0.3) is 0 Å². The van der Waals surface area contributed by atoms with Crippen LogP contribution in [0.5, 0.6) is 5.75 Å². The van der Waals surface area contributed by atoms with Crippen molar-refractivity contribution in [2.24, 2.45) is 0 Å². The maximum Gasteiger partial charge on any atom is 0.221 e. The molecule has 0 bridgehead atoms. The molecule has 2 atom stereocenters. The molecule has 1 aliphatic heterocycles. The third-order valence-corrected chi connectivity index (χ3v) is 4.52. The van der Waals surface area contributed by atoms with Gasteiger partial charge in [0, 0.05) is 35.5 Å². The standard InChI is InChI=1S/C15H21ClN2O2S/c1-11(20-14-4-2-3-12(16)7-14)9-18-15(19)8-13-10-21-6-5-17-13/h2-4,7,11,13,17H,5-6,8-10H2,1H3,(H,18,19). The quantitative estimate of drug-likeness (QED) is 0.841. The van der Waals surface area contributed by atoms with E-state index in [1.165, 1.54) is 0 Å². The van der Waals surface area contributed by atoms with Crippen molar-refractivity contribution in [2.45, 2.75) is 25.5 Å². The van der Waals surface area contributed by atoms with Crippen LogP contribution in [-0.4, -0.2) is 42.6 Å². The van der Waals surface area contributed by atoms with Crippen LogP contribution in [0.15, 0.2) is 24.3 Å². The van der Waals surface area contributed by atoms with E-state index in [4.69, 9.17) is 16.3 Å². The summed E-state index contributed by atoms with van der Waals surface area (Å²) in [7, 11) is 0. The minimum atomic E-state index is -0.0962. The molecular weight excluding hydrogens is 308 g/mol. The predicted octanol–water partition coefficient (Wildman–Crippen LogP) is 2.32. The molecule has 1 aliphatic rings. The van der Waals surface area contributed by atoms with Crippen LogP contribution < -0.4 is 15.4 Å². The summed E-state index contributed by atoms with van der Waals surface area (Å²) >= 11 is 7.80. The van der Waals surface area contributed by atoms with E-state index in [0.717, 1.165) is 23.8 Å². The highest BCUT2D eigenvalue weighted by Gasteiger charge is 2.17. The smallest absolute Gasteiger partial charge is 0.221 e. The molecule has 1 heterocycles. The monoisotopic (exact) mass is 328 g/mol. The van der Waals surface area contributed by atoms with E-state index in [1.807, 2.05) is 30.8 Å². The van der Waals surface area contributed by atoms with Crippen molar-refractivity contribution in [1.82, 2.24) is 10.6 Å². The lowest BCUT2D eigenvalue weighted by atomic mass is 10.2. The van der Waals surface area contributed by atoms with Crippen LogP contribution in [-0.2, 0) is 4.79 Å². The molecule has 0 spiro atoms. The van der Waals surface area contributed by atoms with Crippen molar-refractivity contribution in [3.63, 3.8) is 0 Å². The van der Waals surface area contributed by atoms with Gasteiger partial charge in [-0.2, -0.15) is 11.8 Å². The summed E-state index contributed by atoms with van der Waals surface area (Å²) in [6, 6.07) is 7.55. The summed E-state index contributed by atoms with van der Waals surface area (Å²) in [5, 5.41) is 6.92. The molecule has 2 rings (SSSR count). The summed E-state index contributed by atoms with van der Waals surface area (Å²) in [6.07, 6.45) is 0.428. The third kappa shape index (κ3) is 6.16. The molecule has 116 valence electrons. The minimum absolute atomic E-state index is 0.0662. The number of benzene rings is 1. The van der Waals surface area contributed by atoms with Crippen LogP contribution in [0.2, 0.25) is 5.02 Å². The first kappa shape index (κ1) is 16.5. The topological polar surface area (TPSA) is 50.4 Å². The highest BCUT2D eigenvalue weighted by Crippen LogP contribution is 2.18. The van der Waals surface area contributed by atoms with Gasteiger partial charge in [0.1, 0.15) is 11.9 Å². The molecule has 6 heteroatoms. The zero-order valence-corrected chi connectivity index (χ0v) is 13.7. The molecular formula is C15H21ClN2O2S.